The fourth-order valence-corrected chi connectivity index (χ4v) is 4.31. The van der Waals surface area contributed by atoms with Gasteiger partial charge in [0.2, 0.25) is 5.91 Å². The summed E-state index contributed by atoms with van der Waals surface area (Å²) in [6.45, 7) is 7.60. The Morgan fingerprint density at radius 3 is 2.09 bits per heavy atom. The van der Waals surface area contributed by atoms with Crippen molar-refractivity contribution in [3.63, 3.8) is 0 Å². The number of carboxylic acids is 1. The molecule has 3 N–H and O–H groups in total. The third kappa shape index (κ3) is 6.29. The highest BCUT2D eigenvalue weighted by molar-refractivity contribution is 5.89. The summed E-state index contributed by atoms with van der Waals surface area (Å²) in [6, 6.07) is 14.1. The molecule has 2 amide bonds. The lowest BCUT2D eigenvalue weighted by Crippen LogP contribution is -2.54. The van der Waals surface area contributed by atoms with Crippen LogP contribution in [-0.2, 0) is 14.3 Å². The predicted octanol–water partition coefficient (Wildman–Crippen LogP) is 4.87. The standard InChI is InChI=1S/C28H34N2O5/c1-5-18(4)25(26(31)29-24(27(32)33)15-14-17(2)3)30-28(34)35-16-23-21-12-8-6-10-19(21)20-11-7-9-13-22(20)23/h6-14,18,23-25H,5,15-16H2,1-4H3,(H,29,31)(H,30,34)(H,32,33)/t18-,24?,25-/m0/s1. The van der Waals surface area contributed by atoms with Crippen molar-refractivity contribution in [1.29, 1.82) is 0 Å². The highest BCUT2D eigenvalue weighted by Gasteiger charge is 2.32. The summed E-state index contributed by atoms with van der Waals surface area (Å²) in [4.78, 5) is 37.3. The minimum atomic E-state index is -1.13. The summed E-state index contributed by atoms with van der Waals surface area (Å²) in [5.74, 6) is -1.97. The largest absolute Gasteiger partial charge is 0.480 e. The number of hydrogen-bond acceptors (Lipinski definition) is 4. The third-order valence-corrected chi connectivity index (χ3v) is 6.49. The number of carbonyl (C=O) groups excluding carboxylic acids is 2. The van der Waals surface area contributed by atoms with Gasteiger partial charge in [-0.1, -0.05) is 80.4 Å². The molecule has 0 saturated carbocycles. The molecule has 0 aromatic heterocycles. The average Bonchev–Trinajstić information content (AvgIpc) is 3.16. The Labute approximate surface area is 206 Å². The molecule has 2 aromatic rings. The van der Waals surface area contributed by atoms with E-state index >= 15 is 0 Å². The highest BCUT2D eigenvalue weighted by Crippen LogP contribution is 2.44. The minimum absolute atomic E-state index is 0.0931. The van der Waals surface area contributed by atoms with E-state index in [1.165, 1.54) is 0 Å². The van der Waals surface area contributed by atoms with Gasteiger partial charge in [-0.2, -0.15) is 0 Å². The van der Waals surface area contributed by atoms with Crippen LogP contribution in [0.5, 0.6) is 0 Å². The van der Waals surface area contributed by atoms with E-state index in [0.29, 0.717) is 6.42 Å². The maximum Gasteiger partial charge on any atom is 0.407 e. The van der Waals surface area contributed by atoms with Gasteiger partial charge in [0.05, 0.1) is 0 Å². The van der Waals surface area contributed by atoms with E-state index in [1.807, 2.05) is 64.1 Å². The van der Waals surface area contributed by atoms with Gasteiger partial charge in [-0.3, -0.25) is 4.79 Å². The Morgan fingerprint density at radius 2 is 1.57 bits per heavy atom. The van der Waals surface area contributed by atoms with E-state index in [2.05, 4.69) is 22.8 Å². The van der Waals surface area contributed by atoms with Gasteiger partial charge >= 0.3 is 12.1 Å². The maximum absolute atomic E-state index is 13.0. The molecule has 0 heterocycles. The Bertz CT molecular complexity index is 1060. The zero-order chi connectivity index (χ0) is 25.5. The van der Waals surface area contributed by atoms with Crippen LogP contribution in [0.25, 0.3) is 11.1 Å². The second-order valence-corrected chi connectivity index (χ2v) is 9.25. The molecule has 35 heavy (non-hydrogen) atoms. The van der Waals surface area contributed by atoms with Crippen molar-refractivity contribution in [3.8, 4) is 11.1 Å². The van der Waals surface area contributed by atoms with Crippen LogP contribution in [0.4, 0.5) is 4.79 Å². The molecule has 0 aliphatic heterocycles. The van der Waals surface area contributed by atoms with Crippen LogP contribution in [0.3, 0.4) is 0 Å². The SMILES string of the molecule is CC[C@H](C)[C@H](NC(=O)OCC1c2ccccc2-c2ccccc21)C(=O)NC(CC=C(C)C)C(=O)O. The van der Waals surface area contributed by atoms with Gasteiger partial charge in [-0.05, 0) is 48.4 Å². The zero-order valence-corrected chi connectivity index (χ0v) is 20.7. The molecule has 2 aromatic carbocycles. The topological polar surface area (TPSA) is 105 Å². The van der Waals surface area contributed by atoms with Crippen LogP contribution >= 0.6 is 0 Å². The van der Waals surface area contributed by atoms with Gasteiger partial charge in [0, 0.05) is 5.92 Å². The molecule has 1 aliphatic rings. The molecule has 0 saturated heterocycles. The van der Waals surface area contributed by atoms with E-state index in [9.17, 15) is 19.5 Å². The number of amides is 2. The Balaban J connectivity index is 1.68. The lowest BCUT2D eigenvalue weighted by Gasteiger charge is -2.25. The Hall–Kier alpha value is -3.61. The first kappa shape index (κ1) is 26.0. The first-order valence-electron chi connectivity index (χ1n) is 12.0. The van der Waals surface area contributed by atoms with Crippen molar-refractivity contribution in [1.82, 2.24) is 10.6 Å². The van der Waals surface area contributed by atoms with Crippen molar-refractivity contribution < 1.29 is 24.2 Å². The summed E-state index contributed by atoms with van der Waals surface area (Å²) in [7, 11) is 0. The lowest BCUT2D eigenvalue weighted by molar-refractivity contribution is -0.142. The molecule has 3 atom stereocenters. The number of hydrogen-bond donors (Lipinski definition) is 3. The first-order valence-corrected chi connectivity index (χ1v) is 12.0. The van der Waals surface area contributed by atoms with E-state index in [-0.39, 0.29) is 24.9 Å². The molecule has 0 bridgehead atoms. The molecule has 7 nitrogen and oxygen atoms in total. The van der Waals surface area contributed by atoms with E-state index in [4.69, 9.17) is 4.74 Å². The smallest absolute Gasteiger partial charge is 0.407 e. The van der Waals surface area contributed by atoms with Gasteiger partial charge < -0.3 is 20.5 Å². The van der Waals surface area contributed by atoms with Crippen molar-refractivity contribution in [2.24, 2.45) is 5.92 Å². The summed E-state index contributed by atoms with van der Waals surface area (Å²) in [6.07, 6.45) is 1.84. The summed E-state index contributed by atoms with van der Waals surface area (Å²) >= 11 is 0. The fourth-order valence-electron chi connectivity index (χ4n) is 4.31. The maximum atomic E-state index is 13.0. The van der Waals surface area contributed by atoms with Crippen LogP contribution in [-0.4, -0.2) is 41.8 Å². The average molecular weight is 479 g/mol. The summed E-state index contributed by atoms with van der Waals surface area (Å²) in [5, 5.41) is 14.7. The number of allylic oxidation sites excluding steroid dienone is 1. The number of ether oxygens (including phenoxy) is 1. The number of rotatable bonds is 10. The molecule has 0 radical (unpaired) electrons. The van der Waals surface area contributed by atoms with Gasteiger partial charge in [-0.25, -0.2) is 9.59 Å². The zero-order valence-electron chi connectivity index (χ0n) is 20.7. The monoisotopic (exact) mass is 478 g/mol. The number of carbonyl (C=O) groups is 3. The highest BCUT2D eigenvalue weighted by atomic mass is 16.5. The number of carboxylic acid groups (broad SMARTS) is 1. The van der Waals surface area contributed by atoms with Crippen LogP contribution in [0.2, 0.25) is 0 Å². The molecule has 1 unspecified atom stereocenters. The number of nitrogens with one attached hydrogen (secondary N) is 2. The lowest BCUT2D eigenvalue weighted by atomic mass is 9.97. The first-order chi connectivity index (χ1) is 16.7. The molecule has 0 fully saturated rings. The van der Waals surface area contributed by atoms with Crippen LogP contribution in [0, 0.1) is 5.92 Å². The van der Waals surface area contributed by atoms with Crippen LogP contribution < -0.4 is 10.6 Å². The number of benzene rings is 2. The minimum Gasteiger partial charge on any atom is -0.480 e. The number of alkyl carbamates (subject to hydrolysis) is 1. The van der Waals surface area contributed by atoms with E-state index < -0.39 is 30.1 Å². The quantitative estimate of drug-likeness (QED) is 0.423. The van der Waals surface area contributed by atoms with Crippen molar-refractivity contribution in [2.75, 3.05) is 6.61 Å². The Kier molecular flexibility index (Phi) is 8.68. The van der Waals surface area contributed by atoms with Gasteiger partial charge in [-0.15, -0.1) is 0 Å². The number of aliphatic carboxylic acids is 1. The van der Waals surface area contributed by atoms with Crippen molar-refractivity contribution in [3.05, 3.63) is 71.3 Å². The van der Waals surface area contributed by atoms with Crippen molar-refractivity contribution >= 4 is 18.0 Å². The number of fused-ring (bicyclic) bond motifs is 3. The molecule has 186 valence electrons. The van der Waals surface area contributed by atoms with E-state index in [0.717, 1.165) is 27.8 Å². The second kappa shape index (κ2) is 11.7. The summed E-state index contributed by atoms with van der Waals surface area (Å²) < 4.78 is 5.59. The fraction of sp³-hybridized carbons (Fsp3) is 0.393. The molecule has 1 aliphatic carbocycles. The molecular formula is C28H34N2O5. The predicted molar refractivity (Wildman–Crippen MR) is 135 cm³/mol. The molecule has 7 heteroatoms. The second-order valence-electron chi connectivity index (χ2n) is 9.25. The molecular weight excluding hydrogens is 444 g/mol. The molecule has 3 rings (SSSR count). The normalized spacial score (nSPS) is 14.6. The Morgan fingerprint density at radius 1 is 1.00 bits per heavy atom. The van der Waals surface area contributed by atoms with Crippen LogP contribution in [0.1, 0.15) is 57.6 Å². The van der Waals surface area contributed by atoms with Gasteiger partial charge in [0.1, 0.15) is 18.7 Å². The summed E-state index contributed by atoms with van der Waals surface area (Å²) in [5.41, 5.74) is 5.42. The third-order valence-electron chi connectivity index (χ3n) is 6.49. The van der Waals surface area contributed by atoms with E-state index in [1.54, 1.807) is 6.08 Å². The van der Waals surface area contributed by atoms with Gasteiger partial charge in [0.15, 0.2) is 0 Å². The van der Waals surface area contributed by atoms with Gasteiger partial charge in [0.25, 0.3) is 0 Å². The molecule has 0 spiro atoms. The van der Waals surface area contributed by atoms with Crippen molar-refractivity contribution in [2.45, 2.75) is 58.5 Å². The van der Waals surface area contributed by atoms with Crippen LogP contribution in [0.15, 0.2) is 60.2 Å².